The highest BCUT2D eigenvalue weighted by Gasteiger charge is 2.39. The van der Waals surface area contributed by atoms with Crippen molar-refractivity contribution < 1.29 is 14.7 Å². The average Bonchev–Trinajstić information content (AvgIpc) is 3.26. The monoisotopic (exact) mass is 302 g/mol. The van der Waals surface area contributed by atoms with Crippen LogP contribution >= 0.6 is 0 Å². The van der Waals surface area contributed by atoms with E-state index in [0.717, 1.165) is 30.5 Å². The Balaban J connectivity index is 1.82. The standard InChI is InChI=1S/C17H22N2O3/c1-10-9-13-5-3-4-6-14(13)19(10)17(22)15(11(2)20)18-16(21)12-7-8-12/h3-6,10-12,15,20H,7-9H2,1-2H3,(H,18,21). The summed E-state index contributed by atoms with van der Waals surface area (Å²) in [5, 5.41) is 12.7. The summed E-state index contributed by atoms with van der Waals surface area (Å²) in [5.41, 5.74) is 2.01. The van der Waals surface area contributed by atoms with Crippen LogP contribution in [0.25, 0.3) is 0 Å². The third kappa shape index (κ3) is 2.73. The highest BCUT2D eigenvalue weighted by Crippen LogP contribution is 2.33. The first-order chi connectivity index (χ1) is 10.5. The number of amides is 2. The molecule has 22 heavy (non-hydrogen) atoms. The molecular formula is C17H22N2O3. The fourth-order valence-corrected chi connectivity index (χ4v) is 3.06. The second kappa shape index (κ2) is 5.72. The van der Waals surface area contributed by atoms with Crippen LogP contribution < -0.4 is 10.2 Å². The van der Waals surface area contributed by atoms with Gasteiger partial charge in [-0.3, -0.25) is 9.59 Å². The zero-order valence-electron chi connectivity index (χ0n) is 13.0. The summed E-state index contributed by atoms with van der Waals surface area (Å²) in [6, 6.07) is 6.93. The first kappa shape index (κ1) is 15.0. The number of benzene rings is 1. The largest absolute Gasteiger partial charge is 0.391 e. The smallest absolute Gasteiger partial charge is 0.252 e. The number of nitrogens with zero attached hydrogens (tertiary/aromatic N) is 1. The van der Waals surface area contributed by atoms with E-state index in [-0.39, 0.29) is 23.8 Å². The van der Waals surface area contributed by atoms with Crippen LogP contribution in [0.3, 0.4) is 0 Å². The van der Waals surface area contributed by atoms with Crippen molar-refractivity contribution in [3.05, 3.63) is 29.8 Å². The van der Waals surface area contributed by atoms with Gasteiger partial charge in [-0.15, -0.1) is 0 Å². The van der Waals surface area contributed by atoms with Crippen molar-refractivity contribution in [2.75, 3.05) is 4.90 Å². The van der Waals surface area contributed by atoms with Crippen LogP contribution in [0.1, 0.15) is 32.3 Å². The number of nitrogens with one attached hydrogen (secondary N) is 1. The molecule has 1 aromatic rings. The minimum Gasteiger partial charge on any atom is -0.391 e. The number of fused-ring (bicyclic) bond motifs is 1. The Bertz CT molecular complexity index is 595. The van der Waals surface area contributed by atoms with Gasteiger partial charge in [0.15, 0.2) is 0 Å². The molecule has 1 aliphatic carbocycles. The van der Waals surface area contributed by atoms with Gasteiger partial charge in [-0.1, -0.05) is 18.2 Å². The van der Waals surface area contributed by atoms with Crippen molar-refractivity contribution in [3.8, 4) is 0 Å². The predicted octanol–water partition coefficient (Wildman–Crippen LogP) is 1.24. The minimum absolute atomic E-state index is 0.0114. The number of hydrogen-bond acceptors (Lipinski definition) is 3. The molecule has 0 spiro atoms. The van der Waals surface area contributed by atoms with E-state index in [1.807, 2.05) is 31.2 Å². The lowest BCUT2D eigenvalue weighted by Crippen LogP contribution is -2.55. The molecule has 3 atom stereocenters. The summed E-state index contributed by atoms with van der Waals surface area (Å²) in [6.07, 6.45) is 1.62. The third-order valence-corrected chi connectivity index (χ3v) is 4.44. The van der Waals surface area contributed by atoms with Gasteiger partial charge in [0.05, 0.1) is 6.10 Å². The molecule has 1 fully saturated rings. The maximum Gasteiger partial charge on any atom is 0.252 e. The lowest BCUT2D eigenvalue weighted by Gasteiger charge is -2.29. The van der Waals surface area contributed by atoms with E-state index in [1.54, 1.807) is 11.8 Å². The number of hydrogen-bond donors (Lipinski definition) is 2. The Labute approximate surface area is 130 Å². The number of aliphatic hydroxyl groups is 1. The summed E-state index contributed by atoms with van der Waals surface area (Å²) in [6.45, 7) is 3.53. The summed E-state index contributed by atoms with van der Waals surface area (Å²) in [5.74, 6) is -0.349. The molecule has 2 amide bonds. The Morgan fingerprint density at radius 3 is 2.64 bits per heavy atom. The van der Waals surface area contributed by atoms with Crippen molar-refractivity contribution in [3.63, 3.8) is 0 Å². The SMILES string of the molecule is CC(O)C(NC(=O)C1CC1)C(=O)N1c2ccccc2CC1C. The van der Waals surface area contributed by atoms with E-state index in [4.69, 9.17) is 0 Å². The van der Waals surface area contributed by atoms with E-state index >= 15 is 0 Å². The maximum absolute atomic E-state index is 12.9. The molecular weight excluding hydrogens is 280 g/mol. The Kier molecular flexibility index (Phi) is 3.91. The predicted molar refractivity (Wildman–Crippen MR) is 83.4 cm³/mol. The summed E-state index contributed by atoms with van der Waals surface area (Å²) < 4.78 is 0. The molecule has 5 nitrogen and oxygen atoms in total. The Hall–Kier alpha value is -1.88. The zero-order chi connectivity index (χ0) is 15.9. The van der Waals surface area contributed by atoms with Crippen LogP contribution in [0.15, 0.2) is 24.3 Å². The number of carbonyl (C=O) groups excluding carboxylic acids is 2. The van der Waals surface area contributed by atoms with Gasteiger partial charge in [0.2, 0.25) is 5.91 Å². The molecule has 1 heterocycles. The molecule has 0 aromatic heterocycles. The Morgan fingerprint density at radius 2 is 2.00 bits per heavy atom. The summed E-state index contributed by atoms with van der Waals surface area (Å²) in [7, 11) is 0. The second-order valence-electron chi connectivity index (χ2n) is 6.39. The maximum atomic E-state index is 12.9. The molecule has 1 aliphatic heterocycles. The molecule has 1 saturated carbocycles. The van der Waals surface area contributed by atoms with Crippen LogP contribution in [-0.2, 0) is 16.0 Å². The number of rotatable bonds is 4. The van der Waals surface area contributed by atoms with E-state index in [1.165, 1.54) is 0 Å². The number of carbonyl (C=O) groups is 2. The van der Waals surface area contributed by atoms with E-state index in [9.17, 15) is 14.7 Å². The number of aliphatic hydroxyl groups excluding tert-OH is 1. The van der Waals surface area contributed by atoms with Gasteiger partial charge in [0, 0.05) is 17.6 Å². The summed E-state index contributed by atoms with van der Waals surface area (Å²) >= 11 is 0. The van der Waals surface area contributed by atoms with Crippen molar-refractivity contribution in [2.45, 2.75) is 51.3 Å². The van der Waals surface area contributed by atoms with Crippen LogP contribution in [0, 0.1) is 5.92 Å². The quantitative estimate of drug-likeness (QED) is 0.879. The van der Waals surface area contributed by atoms with Gasteiger partial charge in [-0.05, 0) is 44.7 Å². The molecule has 3 unspecified atom stereocenters. The molecule has 1 aromatic carbocycles. The normalized spacial score (nSPS) is 22.9. The second-order valence-corrected chi connectivity index (χ2v) is 6.39. The van der Waals surface area contributed by atoms with Crippen LogP contribution in [0.5, 0.6) is 0 Å². The minimum atomic E-state index is -0.921. The van der Waals surface area contributed by atoms with Gasteiger partial charge >= 0.3 is 0 Å². The summed E-state index contributed by atoms with van der Waals surface area (Å²) in [4.78, 5) is 26.6. The van der Waals surface area contributed by atoms with Gasteiger partial charge in [-0.2, -0.15) is 0 Å². The highest BCUT2D eigenvalue weighted by atomic mass is 16.3. The van der Waals surface area contributed by atoms with Gasteiger partial charge in [0.1, 0.15) is 6.04 Å². The molecule has 0 radical (unpaired) electrons. The topological polar surface area (TPSA) is 69.6 Å². The molecule has 2 aliphatic rings. The lowest BCUT2D eigenvalue weighted by molar-refractivity contribution is -0.130. The molecule has 0 saturated heterocycles. The number of para-hydroxylation sites is 1. The molecule has 2 N–H and O–H groups in total. The molecule has 0 bridgehead atoms. The lowest BCUT2D eigenvalue weighted by atomic mass is 10.1. The fraction of sp³-hybridized carbons (Fsp3) is 0.529. The van der Waals surface area contributed by atoms with E-state index < -0.39 is 12.1 Å². The van der Waals surface area contributed by atoms with Crippen molar-refractivity contribution in [1.29, 1.82) is 0 Å². The van der Waals surface area contributed by atoms with E-state index in [0.29, 0.717) is 0 Å². The van der Waals surface area contributed by atoms with Crippen LogP contribution in [0.4, 0.5) is 5.69 Å². The van der Waals surface area contributed by atoms with Gasteiger partial charge < -0.3 is 15.3 Å². The van der Waals surface area contributed by atoms with E-state index in [2.05, 4.69) is 5.32 Å². The first-order valence-electron chi connectivity index (χ1n) is 7.88. The van der Waals surface area contributed by atoms with Crippen molar-refractivity contribution >= 4 is 17.5 Å². The van der Waals surface area contributed by atoms with Crippen molar-refractivity contribution in [1.82, 2.24) is 5.32 Å². The van der Waals surface area contributed by atoms with Crippen LogP contribution in [-0.4, -0.2) is 35.1 Å². The van der Waals surface area contributed by atoms with Crippen molar-refractivity contribution in [2.24, 2.45) is 5.92 Å². The highest BCUT2D eigenvalue weighted by molar-refractivity contribution is 6.02. The third-order valence-electron chi connectivity index (χ3n) is 4.44. The fourth-order valence-electron chi connectivity index (χ4n) is 3.06. The molecule has 3 rings (SSSR count). The first-order valence-corrected chi connectivity index (χ1v) is 7.88. The van der Waals surface area contributed by atoms with Crippen LogP contribution in [0.2, 0.25) is 0 Å². The van der Waals surface area contributed by atoms with Gasteiger partial charge in [0.25, 0.3) is 5.91 Å². The number of anilines is 1. The zero-order valence-corrected chi connectivity index (χ0v) is 13.0. The average molecular weight is 302 g/mol. The molecule has 118 valence electrons. The molecule has 5 heteroatoms. The Morgan fingerprint density at radius 1 is 1.32 bits per heavy atom. The van der Waals surface area contributed by atoms with Gasteiger partial charge in [-0.25, -0.2) is 0 Å².